The molecule has 0 spiro atoms. The molecule has 0 aromatic carbocycles. The van der Waals surface area contributed by atoms with Gasteiger partial charge in [-0.2, -0.15) is 18.3 Å². The summed E-state index contributed by atoms with van der Waals surface area (Å²) in [5, 5.41) is 6.02. The van der Waals surface area contributed by atoms with Gasteiger partial charge in [0.15, 0.2) is 17.0 Å². The van der Waals surface area contributed by atoms with E-state index in [0.717, 1.165) is 37.9 Å². The summed E-state index contributed by atoms with van der Waals surface area (Å²) in [5.41, 5.74) is 4.51. The molecule has 3 aromatic rings. The van der Waals surface area contributed by atoms with Crippen molar-refractivity contribution in [3.63, 3.8) is 0 Å². The summed E-state index contributed by atoms with van der Waals surface area (Å²) in [7, 11) is 0. The molecule has 0 saturated carbocycles. The highest BCUT2D eigenvalue weighted by molar-refractivity contribution is 5.84. The smallest absolute Gasteiger partial charge is 0.370 e. The molecule has 4 rings (SSSR count). The molecule has 3 aromatic heterocycles. The van der Waals surface area contributed by atoms with Crippen LogP contribution in [0, 0.1) is 0 Å². The Morgan fingerprint density at radius 2 is 1.81 bits per heavy atom. The van der Waals surface area contributed by atoms with Crippen LogP contribution < -0.4 is 10.6 Å². The molecule has 12 heteroatoms. The van der Waals surface area contributed by atoms with Crippen molar-refractivity contribution < 1.29 is 18.0 Å². The average Bonchev–Trinajstić information content (AvgIpc) is 3.40. The number of aromatic nitrogens is 6. The lowest BCUT2D eigenvalue weighted by Crippen LogP contribution is -2.24. The van der Waals surface area contributed by atoms with Crippen LogP contribution in [0.25, 0.3) is 11.2 Å². The fourth-order valence-corrected chi connectivity index (χ4v) is 3.38. The van der Waals surface area contributed by atoms with Crippen molar-refractivity contribution in [1.82, 2.24) is 29.7 Å². The lowest BCUT2D eigenvalue weighted by molar-refractivity contribution is -0.138. The van der Waals surface area contributed by atoms with E-state index in [9.17, 15) is 18.0 Å². The van der Waals surface area contributed by atoms with E-state index in [0.29, 0.717) is 17.0 Å². The molecule has 1 aliphatic heterocycles. The highest BCUT2D eigenvalue weighted by Crippen LogP contribution is 2.33. The molecule has 1 saturated heterocycles. The van der Waals surface area contributed by atoms with Gasteiger partial charge in [0, 0.05) is 25.4 Å². The summed E-state index contributed by atoms with van der Waals surface area (Å²) in [6.45, 7) is 9.08. The van der Waals surface area contributed by atoms with Gasteiger partial charge in [-0.3, -0.25) is 9.89 Å². The number of carbonyl (C=O) groups is 1. The van der Waals surface area contributed by atoms with Gasteiger partial charge in [-0.25, -0.2) is 15.0 Å². The summed E-state index contributed by atoms with van der Waals surface area (Å²) in [6.07, 6.45) is 0.0251. The van der Waals surface area contributed by atoms with E-state index in [4.69, 9.17) is 4.98 Å². The number of nitrogens with zero attached hydrogens (tertiary/aromatic N) is 6. The fraction of sp³-hybridized carbons (Fsp3) is 0.550. The number of fused-ring (bicyclic) bond motifs is 1. The monoisotopic (exact) mass is 452 g/mol. The second kappa shape index (κ2) is 8.75. The molecule has 1 fully saturated rings. The van der Waals surface area contributed by atoms with E-state index in [-0.39, 0.29) is 23.6 Å². The summed E-state index contributed by atoms with van der Waals surface area (Å²) in [5.74, 6) is 1.07. The zero-order chi connectivity index (χ0) is 23.7. The maximum atomic E-state index is 13.2. The number of H-pyrrole nitrogens is 1. The molecule has 4 heterocycles. The van der Waals surface area contributed by atoms with Gasteiger partial charge in [0.1, 0.15) is 5.82 Å². The van der Waals surface area contributed by atoms with Crippen LogP contribution in [0.4, 0.5) is 19.0 Å². The van der Waals surface area contributed by atoms with Crippen molar-refractivity contribution >= 4 is 22.9 Å². The number of nitrogens with two attached hydrogens (primary N) is 1. The number of anilines is 1. The Balaban J connectivity index is 0.000000668. The molecular weight excluding hydrogens is 425 g/mol. The normalized spacial score (nSPS) is 14.5. The number of imidazole rings is 1. The van der Waals surface area contributed by atoms with Gasteiger partial charge in [0.05, 0.1) is 30.3 Å². The van der Waals surface area contributed by atoms with Crippen LogP contribution in [-0.4, -0.2) is 48.7 Å². The van der Waals surface area contributed by atoms with Crippen molar-refractivity contribution in [2.75, 3.05) is 18.0 Å². The zero-order valence-electron chi connectivity index (χ0n) is 18.5. The molecule has 0 radical (unpaired) electrons. The van der Waals surface area contributed by atoms with Crippen LogP contribution in [0.2, 0.25) is 0 Å². The molecule has 1 amide bonds. The minimum Gasteiger partial charge on any atom is -0.370 e. The van der Waals surface area contributed by atoms with Crippen LogP contribution in [0.15, 0.2) is 12.5 Å². The van der Waals surface area contributed by atoms with Crippen LogP contribution in [-0.2, 0) is 22.9 Å². The van der Waals surface area contributed by atoms with Gasteiger partial charge in [0.25, 0.3) is 0 Å². The third kappa shape index (κ3) is 5.17. The highest BCUT2D eigenvalue weighted by atomic mass is 19.4. The van der Waals surface area contributed by atoms with Crippen LogP contribution in [0.5, 0.6) is 0 Å². The largest absolute Gasteiger partial charge is 0.419 e. The minimum atomic E-state index is -4.47. The SMILES string of the molecule is CC(C)(C)c1nc(N2CCCC2)c2ncn(Cc3[nH]ncc3C(F)(F)F)c2n1.CC(N)=O. The molecule has 32 heavy (non-hydrogen) atoms. The number of amides is 1. The third-order valence-electron chi connectivity index (χ3n) is 4.87. The van der Waals surface area contributed by atoms with Crippen LogP contribution >= 0.6 is 0 Å². The quantitative estimate of drug-likeness (QED) is 0.631. The molecule has 3 N–H and O–H groups in total. The fourth-order valence-electron chi connectivity index (χ4n) is 3.38. The van der Waals surface area contributed by atoms with Gasteiger partial charge < -0.3 is 15.2 Å². The second-order valence-corrected chi connectivity index (χ2v) is 8.73. The van der Waals surface area contributed by atoms with Crippen molar-refractivity contribution in [1.29, 1.82) is 0 Å². The molecule has 9 nitrogen and oxygen atoms in total. The van der Waals surface area contributed by atoms with Gasteiger partial charge >= 0.3 is 6.18 Å². The Bertz CT molecular complexity index is 1090. The summed E-state index contributed by atoms with van der Waals surface area (Å²) in [6, 6.07) is 0. The number of carbonyl (C=O) groups excluding carboxylic acids is 1. The summed E-state index contributed by atoms with van der Waals surface area (Å²) < 4.78 is 41.2. The molecule has 174 valence electrons. The maximum Gasteiger partial charge on any atom is 0.419 e. The van der Waals surface area contributed by atoms with Crippen LogP contribution in [0.3, 0.4) is 0 Å². The van der Waals surface area contributed by atoms with Crippen molar-refractivity contribution in [2.24, 2.45) is 5.73 Å². The Hall–Kier alpha value is -3.18. The summed E-state index contributed by atoms with van der Waals surface area (Å²) >= 11 is 0. The average molecular weight is 452 g/mol. The topological polar surface area (TPSA) is 119 Å². The number of hydrogen-bond donors (Lipinski definition) is 2. The lowest BCUT2D eigenvalue weighted by Gasteiger charge is -2.22. The van der Waals surface area contributed by atoms with E-state index in [1.54, 1.807) is 4.57 Å². The van der Waals surface area contributed by atoms with Gasteiger partial charge in [-0.15, -0.1) is 0 Å². The van der Waals surface area contributed by atoms with E-state index >= 15 is 0 Å². The van der Waals surface area contributed by atoms with E-state index < -0.39 is 11.7 Å². The first kappa shape index (κ1) is 23.5. The highest BCUT2D eigenvalue weighted by Gasteiger charge is 2.35. The van der Waals surface area contributed by atoms with E-state index in [2.05, 4.69) is 30.8 Å². The molecule has 0 atom stereocenters. The molecule has 0 bridgehead atoms. The van der Waals surface area contributed by atoms with Gasteiger partial charge in [-0.1, -0.05) is 20.8 Å². The number of primary amides is 1. The van der Waals surface area contributed by atoms with Crippen molar-refractivity contribution in [2.45, 2.75) is 58.7 Å². The number of aromatic amines is 1. The summed E-state index contributed by atoms with van der Waals surface area (Å²) in [4.78, 5) is 25.3. The van der Waals surface area contributed by atoms with Gasteiger partial charge in [-0.05, 0) is 12.8 Å². The molecular formula is C20H27F3N8O. The first-order chi connectivity index (χ1) is 14.9. The number of hydrogen-bond acceptors (Lipinski definition) is 6. The second-order valence-electron chi connectivity index (χ2n) is 8.73. The number of nitrogens with one attached hydrogen (secondary N) is 1. The Labute approximate surface area is 183 Å². The first-order valence-corrected chi connectivity index (χ1v) is 10.2. The number of halogens is 3. The Kier molecular flexibility index (Phi) is 6.42. The maximum absolute atomic E-state index is 13.2. The number of rotatable bonds is 3. The van der Waals surface area contributed by atoms with Gasteiger partial charge in [0.2, 0.25) is 5.91 Å². The standard InChI is InChI=1S/C18H22F3N7.C2H5NO/c1-17(2,3)16-24-14(27-6-4-5-7-27)13-15(25-16)28(10-22-13)9-12-11(8-23-26-12)18(19,20)21;1-2(3)4/h8,10H,4-7,9H2,1-3H3,(H,23,26);1H3,(H2,3,4). The van der Waals surface area contributed by atoms with E-state index in [1.165, 1.54) is 13.3 Å². The Morgan fingerprint density at radius 3 is 2.38 bits per heavy atom. The van der Waals surface area contributed by atoms with Crippen molar-refractivity contribution in [3.05, 3.63) is 29.6 Å². The molecule has 0 aliphatic carbocycles. The van der Waals surface area contributed by atoms with E-state index in [1.807, 2.05) is 20.8 Å². The zero-order valence-corrected chi connectivity index (χ0v) is 18.5. The predicted octanol–water partition coefficient (Wildman–Crippen LogP) is 3.01. The number of alkyl halides is 3. The minimum absolute atomic E-state index is 0.0227. The Morgan fingerprint density at radius 1 is 1.19 bits per heavy atom. The first-order valence-electron chi connectivity index (χ1n) is 10.2. The predicted molar refractivity (Wildman–Crippen MR) is 113 cm³/mol. The van der Waals surface area contributed by atoms with Crippen molar-refractivity contribution in [3.8, 4) is 0 Å². The third-order valence-corrected chi connectivity index (χ3v) is 4.87. The molecule has 0 unspecified atom stereocenters. The van der Waals surface area contributed by atoms with Crippen LogP contribution in [0.1, 0.15) is 57.6 Å². The lowest BCUT2D eigenvalue weighted by atomic mass is 9.96. The molecule has 1 aliphatic rings.